The van der Waals surface area contributed by atoms with E-state index in [1.807, 2.05) is 6.07 Å². The van der Waals surface area contributed by atoms with Gasteiger partial charge in [0.15, 0.2) is 17.2 Å². The van der Waals surface area contributed by atoms with E-state index < -0.39 is 5.97 Å². The van der Waals surface area contributed by atoms with Gasteiger partial charge in [0, 0.05) is 5.56 Å². The summed E-state index contributed by atoms with van der Waals surface area (Å²) in [6.07, 6.45) is 1.64. The highest BCUT2D eigenvalue weighted by atomic mass is 127. The molecule has 5 nitrogen and oxygen atoms in total. The molecule has 0 saturated heterocycles. The summed E-state index contributed by atoms with van der Waals surface area (Å²) in [5.41, 5.74) is 1.50. The van der Waals surface area contributed by atoms with E-state index in [1.54, 1.807) is 37.5 Å². The van der Waals surface area contributed by atoms with Crippen molar-refractivity contribution in [3.8, 4) is 11.5 Å². The van der Waals surface area contributed by atoms with Crippen LogP contribution in [-0.2, 0) is 9.53 Å². The molecule has 0 amide bonds. The number of ether oxygens (including phenoxy) is 3. The summed E-state index contributed by atoms with van der Waals surface area (Å²) in [6, 6.07) is 8.61. The number of esters is 1. The van der Waals surface area contributed by atoms with Crippen molar-refractivity contribution >= 4 is 63.7 Å². The summed E-state index contributed by atoms with van der Waals surface area (Å²) in [5.74, 6) is 1.29. The van der Waals surface area contributed by atoms with Gasteiger partial charge in [-0.15, -0.1) is 0 Å². The highest BCUT2D eigenvalue weighted by Gasteiger charge is 2.25. The Morgan fingerprint density at radius 1 is 1.21 bits per heavy atom. The van der Waals surface area contributed by atoms with Crippen molar-refractivity contribution in [3.63, 3.8) is 0 Å². The Morgan fingerprint density at radius 2 is 1.97 bits per heavy atom. The molecule has 2 aromatic rings. The van der Waals surface area contributed by atoms with Crippen molar-refractivity contribution in [1.29, 1.82) is 0 Å². The molecule has 0 radical (unpaired) electrons. The lowest BCUT2D eigenvalue weighted by Gasteiger charge is -2.15. The number of aliphatic imine (C=N–C) groups is 1. The molecule has 1 aliphatic heterocycles. The first-order valence-corrected chi connectivity index (χ1v) is 10.6. The van der Waals surface area contributed by atoms with Gasteiger partial charge in [-0.25, -0.2) is 9.79 Å². The smallest absolute Gasteiger partial charge is 0.363 e. The molecule has 0 saturated carbocycles. The molecule has 0 atom stereocenters. The van der Waals surface area contributed by atoms with Crippen LogP contribution in [0.5, 0.6) is 11.5 Å². The van der Waals surface area contributed by atoms with Crippen LogP contribution in [0.15, 0.2) is 41.0 Å². The number of cyclic esters (lactones) is 1. The highest BCUT2D eigenvalue weighted by molar-refractivity contribution is 14.1. The third kappa shape index (κ3) is 5.24. The fraction of sp³-hybridized carbons (Fsp3) is 0.238. The van der Waals surface area contributed by atoms with Crippen molar-refractivity contribution < 1.29 is 19.0 Å². The zero-order valence-electron chi connectivity index (χ0n) is 16.0. The summed E-state index contributed by atoms with van der Waals surface area (Å²) < 4.78 is 17.5. The summed E-state index contributed by atoms with van der Waals surface area (Å²) in [7, 11) is 1.58. The molecule has 0 aliphatic carbocycles. The molecule has 0 spiro atoms. The fourth-order valence-corrected chi connectivity index (χ4v) is 3.61. The van der Waals surface area contributed by atoms with E-state index in [0.717, 1.165) is 9.13 Å². The minimum absolute atomic E-state index is 0.179. The average molecular weight is 546 g/mol. The summed E-state index contributed by atoms with van der Waals surface area (Å²) in [4.78, 5) is 16.6. The average Bonchev–Trinajstić information content (AvgIpc) is 3.03. The van der Waals surface area contributed by atoms with Gasteiger partial charge in [-0.1, -0.05) is 37.0 Å². The molecule has 0 N–H and O–H groups in total. The normalized spacial score (nSPS) is 14.9. The quantitative estimate of drug-likeness (QED) is 0.254. The molecule has 1 aliphatic rings. The fourth-order valence-electron chi connectivity index (χ4n) is 2.53. The molecule has 0 aromatic heterocycles. The van der Waals surface area contributed by atoms with Crippen LogP contribution in [0.25, 0.3) is 6.08 Å². The number of hydrogen-bond donors (Lipinski definition) is 0. The zero-order chi connectivity index (χ0) is 21.1. The molecule has 3 rings (SSSR count). The van der Waals surface area contributed by atoms with E-state index in [1.165, 1.54) is 0 Å². The maximum atomic E-state index is 12.3. The van der Waals surface area contributed by atoms with Crippen molar-refractivity contribution in [1.82, 2.24) is 0 Å². The largest absolute Gasteiger partial charge is 0.493 e. The number of nitrogens with zero attached hydrogens (tertiary/aromatic N) is 1. The maximum Gasteiger partial charge on any atom is 0.363 e. The van der Waals surface area contributed by atoms with Crippen LogP contribution in [0.2, 0.25) is 10.0 Å². The first-order valence-electron chi connectivity index (χ1n) is 8.76. The molecule has 0 fully saturated rings. The van der Waals surface area contributed by atoms with Gasteiger partial charge in [-0.3, -0.25) is 0 Å². The number of benzene rings is 2. The predicted molar refractivity (Wildman–Crippen MR) is 123 cm³/mol. The number of halogens is 3. The van der Waals surface area contributed by atoms with E-state index >= 15 is 0 Å². The zero-order valence-corrected chi connectivity index (χ0v) is 19.6. The van der Waals surface area contributed by atoms with Crippen molar-refractivity contribution in [2.24, 2.45) is 10.9 Å². The molecule has 0 bridgehead atoms. The number of carbonyl (C=O) groups excluding carboxylic acids is 1. The Morgan fingerprint density at radius 3 is 2.62 bits per heavy atom. The number of hydrogen-bond acceptors (Lipinski definition) is 5. The van der Waals surface area contributed by atoms with E-state index in [2.05, 4.69) is 41.4 Å². The van der Waals surface area contributed by atoms with E-state index in [0.29, 0.717) is 39.6 Å². The van der Waals surface area contributed by atoms with E-state index in [-0.39, 0.29) is 11.6 Å². The van der Waals surface area contributed by atoms with Gasteiger partial charge in [0.25, 0.3) is 0 Å². The molecule has 0 unspecified atom stereocenters. The van der Waals surface area contributed by atoms with Crippen LogP contribution in [0.4, 0.5) is 0 Å². The van der Waals surface area contributed by atoms with Gasteiger partial charge in [-0.2, -0.15) is 0 Å². The molecule has 1 heterocycles. The van der Waals surface area contributed by atoms with Crippen LogP contribution in [0.1, 0.15) is 25.0 Å². The number of methoxy groups -OCH3 is 1. The maximum absolute atomic E-state index is 12.3. The summed E-state index contributed by atoms with van der Waals surface area (Å²) in [6.45, 7) is 4.73. The molecular weight excluding hydrogens is 528 g/mol. The summed E-state index contributed by atoms with van der Waals surface area (Å²) in [5, 5.41) is 0.772. The Balaban J connectivity index is 1.92. The Labute approximate surface area is 192 Å². The first-order chi connectivity index (χ1) is 13.8. The Bertz CT molecular complexity index is 1020. The number of rotatable bonds is 6. The van der Waals surface area contributed by atoms with Crippen LogP contribution >= 0.6 is 45.8 Å². The van der Waals surface area contributed by atoms with E-state index in [9.17, 15) is 4.79 Å². The van der Waals surface area contributed by atoms with Crippen molar-refractivity contribution in [3.05, 3.63) is 60.8 Å². The standard InChI is InChI=1S/C21H18Cl2INO4/c1-11(2)10-28-19-16(24)6-12(8-18(19)27-3)7-17-21(26)29-20(25-17)13-4-5-14(22)15(23)9-13/h4-9,11H,10H2,1-3H3/b17-7-. The van der Waals surface area contributed by atoms with Gasteiger partial charge in [0.2, 0.25) is 5.90 Å². The van der Waals surface area contributed by atoms with Crippen LogP contribution in [-0.4, -0.2) is 25.6 Å². The van der Waals surface area contributed by atoms with Crippen molar-refractivity contribution in [2.75, 3.05) is 13.7 Å². The van der Waals surface area contributed by atoms with Gasteiger partial charge >= 0.3 is 5.97 Å². The van der Waals surface area contributed by atoms with E-state index in [4.69, 9.17) is 37.4 Å². The van der Waals surface area contributed by atoms with Gasteiger partial charge in [0.1, 0.15) is 0 Å². The third-order valence-corrected chi connectivity index (χ3v) is 5.44. The predicted octanol–water partition coefficient (Wildman–Crippen LogP) is 5.99. The third-order valence-electron chi connectivity index (χ3n) is 3.90. The Hall–Kier alpha value is -1.77. The lowest BCUT2D eigenvalue weighted by atomic mass is 10.1. The SMILES string of the molecule is COc1cc(/C=C2\N=C(c3ccc(Cl)c(Cl)c3)OC2=O)cc(I)c1OCC(C)C. The lowest BCUT2D eigenvalue weighted by molar-refractivity contribution is -0.129. The monoisotopic (exact) mass is 545 g/mol. The van der Waals surface area contributed by atoms with Crippen LogP contribution < -0.4 is 9.47 Å². The molecule has 152 valence electrons. The topological polar surface area (TPSA) is 57.1 Å². The van der Waals surface area contributed by atoms with Crippen molar-refractivity contribution in [2.45, 2.75) is 13.8 Å². The second-order valence-corrected chi connectivity index (χ2v) is 8.68. The molecule has 8 heteroatoms. The second kappa shape index (κ2) is 9.36. The molecular formula is C21H18Cl2INO4. The van der Waals surface area contributed by atoms with Gasteiger partial charge in [0.05, 0.1) is 27.3 Å². The van der Waals surface area contributed by atoms with Crippen LogP contribution in [0.3, 0.4) is 0 Å². The second-order valence-electron chi connectivity index (χ2n) is 6.70. The van der Waals surface area contributed by atoms with Crippen LogP contribution in [0, 0.1) is 9.49 Å². The molecule has 2 aromatic carbocycles. The minimum atomic E-state index is -0.541. The van der Waals surface area contributed by atoms with Gasteiger partial charge in [-0.05, 0) is 70.5 Å². The Kier molecular flexibility index (Phi) is 7.08. The minimum Gasteiger partial charge on any atom is -0.493 e. The lowest BCUT2D eigenvalue weighted by Crippen LogP contribution is -2.07. The first kappa shape index (κ1) is 21.9. The van der Waals surface area contributed by atoms with Gasteiger partial charge < -0.3 is 14.2 Å². The molecule has 29 heavy (non-hydrogen) atoms. The highest BCUT2D eigenvalue weighted by Crippen LogP contribution is 2.35. The number of carbonyl (C=O) groups is 1. The summed E-state index contributed by atoms with van der Waals surface area (Å²) >= 11 is 14.2.